The molecule has 1 aliphatic heterocycles. The van der Waals surface area contributed by atoms with E-state index in [1.165, 1.54) is 32.5 Å². The first-order valence-electron chi connectivity index (χ1n) is 14.0. The molecule has 7 aromatic rings. The quantitative estimate of drug-likeness (QED) is 0.149. The molecule has 0 aliphatic carbocycles. The molecular formula is C36H26BNO2S. The van der Waals surface area contributed by atoms with E-state index in [1.807, 2.05) is 37.3 Å². The maximum atomic E-state index is 14.2. The van der Waals surface area contributed by atoms with Gasteiger partial charge < -0.3 is 4.40 Å². The molecular weight excluding hydrogens is 521 g/mol. The first kappa shape index (κ1) is 24.5. The lowest BCUT2D eigenvalue weighted by molar-refractivity contribution is 1.28. The molecule has 0 spiro atoms. The summed E-state index contributed by atoms with van der Waals surface area (Å²) in [6.07, 6.45) is 0. The summed E-state index contributed by atoms with van der Waals surface area (Å²) in [6.45, 7) is 8.60. The number of hydrogen-bond donors (Lipinski definition) is 0. The van der Waals surface area contributed by atoms with Crippen LogP contribution < -0.4 is 27.2 Å². The standard InChI is InChI=1S/C36H26BNO2S/c1-19-12-13-23-29(16-19)38-30-18-32-28(17-26(30)36(40)25-9-7-8-24(34(25)38)35(23)39)37(27-10-5-6-11-31(27)41-32)33-21(3)14-20(2)15-22(33)4/h5-18H,1-4H3. The maximum absolute atomic E-state index is 14.2. The van der Waals surface area contributed by atoms with Gasteiger partial charge in [0.05, 0.1) is 16.6 Å². The van der Waals surface area contributed by atoms with Gasteiger partial charge in [0.1, 0.15) is 0 Å². The summed E-state index contributed by atoms with van der Waals surface area (Å²) in [4.78, 5) is 30.2. The molecule has 41 heavy (non-hydrogen) atoms. The Morgan fingerprint density at radius 1 is 0.585 bits per heavy atom. The fourth-order valence-corrected chi connectivity index (χ4v) is 8.31. The van der Waals surface area contributed by atoms with Crippen LogP contribution in [0.3, 0.4) is 0 Å². The van der Waals surface area contributed by atoms with Crippen LogP contribution >= 0.6 is 11.8 Å². The van der Waals surface area contributed by atoms with Gasteiger partial charge in [-0.05, 0) is 69.7 Å². The van der Waals surface area contributed by atoms with Gasteiger partial charge >= 0.3 is 0 Å². The zero-order valence-corrected chi connectivity index (χ0v) is 24.1. The summed E-state index contributed by atoms with van der Waals surface area (Å²) in [5.41, 5.74) is 10.9. The second-order valence-corrected chi connectivity index (χ2v) is 12.6. The summed E-state index contributed by atoms with van der Waals surface area (Å²) in [6, 6.07) is 29.0. The van der Waals surface area contributed by atoms with Crippen molar-refractivity contribution in [2.75, 3.05) is 0 Å². The molecule has 0 unspecified atom stereocenters. The summed E-state index contributed by atoms with van der Waals surface area (Å²) < 4.78 is 2.16. The Hall–Kier alpha value is -4.35. The molecule has 8 rings (SSSR count). The van der Waals surface area contributed by atoms with Crippen LogP contribution in [-0.4, -0.2) is 11.1 Å². The number of aryl methyl sites for hydroxylation is 4. The molecule has 1 aliphatic rings. The van der Waals surface area contributed by atoms with Crippen LogP contribution in [0.2, 0.25) is 0 Å². The van der Waals surface area contributed by atoms with Crippen LogP contribution in [0.4, 0.5) is 0 Å². The average Bonchev–Trinajstić information content (AvgIpc) is 2.95. The lowest BCUT2D eigenvalue weighted by Crippen LogP contribution is -2.57. The Morgan fingerprint density at radius 2 is 1.27 bits per heavy atom. The van der Waals surface area contributed by atoms with Crippen molar-refractivity contribution in [3.63, 3.8) is 0 Å². The summed E-state index contributed by atoms with van der Waals surface area (Å²) in [7, 11) is 0. The zero-order chi connectivity index (χ0) is 28.2. The molecule has 2 aromatic heterocycles. The molecule has 0 N–H and O–H groups in total. The molecule has 0 bridgehead atoms. The van der Waals surface area contributed by atoms with Crippen molar-refractivity contribution in [2.45, 2.75) is 37.5 Å². The number of fused-ring (bicyclic) bond motifs is 6. The van der Waals surface area contributed by atoms with Gasteiger partial charge in [0.15, 0.2) is 10.9 Å². The maximum Gasteiger partial charge on any atom is 0.244 e. The van der Waals surface area contributed by atoms with Crippen LogP contribution in [0.25, 0.3) is 38.1 Å². The second-order valence-electron chi connectivity index (χ2n) is 11.5. The predicted molar refractivity (Wildman–Crippen MR) is 174 cm³/mol. The molecule has 0 atom stereocenters. The fourth-order valence-electron chi connectivity index (χ4n) is 7.15. The van der Waals surface area contributed by atoms with E-state index in [0.717, 1.165) is 27.0 Å². The van der Waals surface area contributed by atoms with E-state index >= 15 is 0 Å². The van der Waals surface area contributed by atoms with E-state index in [2.05, 4.69) is 79.8 Å². The molecule has 0 fully saturated rings. The van der Waals surface area contributed by atoms with Crippen molar-refractivity contribution in [1.29, 1.82) is 0 Å². The fraction of sp³-hybridized carbons (Fsp3) is 0.111. The first-order valence-corrected chi connectivity index (χ1v) is 14.8. The lowest BCUT2D eigenvalue weighted by atomic mass is 9.35. The third kappa shape index (κ3) is 3.36. The number of pyridine rings is 2. The van der Waals surface area contributed by atoms with E-state index in [1.54, 1.807) is 11.8 Å². The van der Waals surface area contributed by atoms with Gasteiger partial charge in [-0.3, -0.25) is 9.59 Å². The Morgan fingerprint density at radius 3 is 2.02 bits per heavy atom. The molecule has 0 saturated heterocycles. The second kappa shape index (κ2) is 8.58. The van der Waals surface area contributed by atoms with E-state index in [-0.39, 0.29) is 17.6 Å². The van der Waals surface area contributed by atoms with Gasteiger partial charge in [0.2, 0.25) is 6.71 Å². The first-order chi connectivity index (χ1) is 19.8. The Labute approximate surface area is 241 Å². The average molecular weight is 547 g/mol. The Bertz CT molecular complexity index is 2370. The van der Waals surface area contributed by atoms with Crippen molar-refractivity contribution in [2.24, 2.45) is 0 Å². The van der Waals surface area contributed by atoms with E-state index < -0.39 is 0 Å². The third-order valence-corrected chi connectivity index (χ3v) is 9.95. The predicted octanol–water partition coefficient (Wildman–Crippen LogP) is 5.77. The van der Waals surface area contributed by atoms with Crippen molar-refractivity contribution in [3.05, 3.63) is 128 Å². The molecule has 0 radical (unpaired) electrons. The van der Waals surface area contributed by atoms with Crippen LogP contribution in [0.15, 0.2) is 104 Å². The van der Waals surface area contributed by atoms with Crippen molar-refractivity contribution < 1.29 is 0 Å². The number of aromatic nitrogens is 1. The number of nitrogens with zero attached hydrogens (tertiary/aromatic N) is 1. The van der Waals surface area contributed by atoms with Gasteiger partial charge in [-0.15, -0.1) is 0 Å². The highest BCUT2D eigenvalue weighted by molar-refractivity contribution is 8.00. The van der Waals surface area contributed by atoms with Gasteiger partial charge in [-0.25, -0.2) is 0 Å². The SMILES string of the molecule is Cc1cc(C)c(B2c3ccccc3Sc3cc4c(cc32)c(=O)c2cccc3c(=O)c5ccc(C)cc5n4c32)c(C)c1. The van der Waals surface area contributed by atoms with Crippen molar-refractivity contribution in [1.82, 2.24) is 4.40 Å². The van der Waals surface area contributed by atoms with Crippen LogP contribution in [0.1, 0.15) is 22.3 Å². The highest BCUT2D eigenvalue weighted by Crippen LogP contribution is 2.34. The number of rotatable bonds is 1. The molecule has 0 saturated carbocycles. The molecule has 196 valence electrons. The molecule has 5 heteroatoms. The highest BCUT2D eigenvalue weighted by Gasteiger charge is 2.34. The number of benzene rings is 5. The molecule has 3 heterocycles. The van der Waals surface area contributed by atoms with Crippen molar-refractivity contribution >= 4 is 73.0 Å². The molecule has 5 aromatic carbocycles. The summed E-state index contributed by atoms with van der Waals surface area (Å²) in [5, 5.41) is 2.51. The van der Waals surface area contributed by atoms with Gasteiger partial charge in [0, 0.05) is 31.3 Å². The summed E-state index contributed by atoms with van der Waals surface area (Å²) in [5.74, 6) is 0. The van der Waals surface area contributed by atoms with Gasteiger partial charge in [-0.2, -0.15) is 0 Å². The smallest absolute Gasteiger partial charge is 0.244 e. The Balaban J connectivity index is 1.57. The summed E-state index contributed by atoms with van der Waals surface area (Å²) >= 11 is 1.77. The monoisotopic (exact) mass is 547 g/mol. The topological polar surface area (TPSA) is 38.5 Å². The third-order valence-electron chi connectivity index (χ3n) is 8.79. The number of hydrogen-bond acceptors (Lipinski definition) is 3. The minimum Gasteiger partial charge on any atom is -0.307 e. The van der Waals surface area contributed by atoms with Crippen LogP contribution in [0, 0.1) is 27.7 Å². The molecule has 0 amide bonds. The minimum absolute atomic E-state index is 0.0198. The largest absolute Gasteiger partial charge is 0.307 e. The lowest BCUT2D eigenvalue weighted by Gasteiger charge is -2.29. The Kier molecular flexibility index (Phi) is 5.12. The highest BCUT2D eigenvalue weighted by atomic mass is 32.2. The van der Waals surface area contributed by atoms with Gasteiger partial charge in [0.25, 0.3) is 0 Å². The van der Waals surface area contributed by atoms with E-state index in [9.17, 15) is 9.59 Å². The molecule has 3 nitrogen and oxygen atoms in total. The zero-order valence-electron chi connectivity index (χ0n) is 23.3. The normalized spacial score (nSPS) is 12.9. The van der Waals surface area contributed by atoms with Crippen molar-refractivity contribution in [3.8, 4) is 0 Å². The van der Waals surface area contributed by atoms with Crippen LogP contribution in [-0.2, 0) is 0 Å². The van der Waals surface area contributed by atoms with E-state index in [0.29, 0.717) is 27.1 Å². The van der Waals surface area contributed by atoms with Crippen LogP contribution in [0.5, 0.6) is 0 Å². The van der Waals surface area contributed by atoms with E-state index in [4.69, 9.17) is 0 Å². The minimum atomic E-state index is -0.0315. The number of para-hydroxylation sites is 1. The van der Waals surface area contributed by atoms with Gasteiger partial charge in [-0.1, -0.05) is 93.4 Å².